The molecule has 564 valence electrons. The highest BCUT2D eigenvalue weighted by molar-refractivity contribution is 7.47. The molecule has 0 saturated heterocycles. The first kappa shape index (κ1) is 93.1. The molecule has 17 nitrogen and oxygen atoms in total. The predicted octanol–water partition coefficient (Wildman–Crippen LogP) is 22.2. The van der Waals surface area contributed by atoms with Crippen molar-refractivity contribution in [2.45, 2.75) is 407 Å². The summed E-state index contributed by atoms with van der Waals surface area (Å²) in [6.07, 6.45) is 52.6. The summed E-state index contributed by atoms with van der Waals surface area (Å²) >= 11 is 0. The summed E-state index contributed by atoms with van der Waals surface area (Å²) < 4.78 is 68.5. The summed E-state index contributed by atoms with van der Waals surface area (Å²) in [6.45, 7) is 11.9. The largest absolute Gasteiger partial charge is 0.472 e. The van der Waals surface area contributed by atoms with Crippen LogP contribution in [-0.4, -0.2) is 96.7 Å². The molecular formula is C76H148O17P2. The molecule has 0 spiro atoms. The fourth-order valence-electron chi connectivity index (χ4n) is 11.6. The van der Waals surface area contributed by atoms with E-state index in [1.54, 1.807) is 0 Å². The van der Waals surface area contributed by atoms with E-state index in [4.69, 9.17) is 37.0 Å². The smallest absolute Gasteiger partial charge is 0.462 e. The van der Waals surface area contributed by atoms with Gasteiger partial charge in [-0.2, -0.15) is 0 Å². The number of phosphoric acid groups is 2. The highest BCUT2D eigenvalue weighted by Crippen LogP contribution is 2.45. The summed E-state index contributed by atoms with van der Waals surface area (Å²) in [4.78, 5) is 72.8. The molecule has 0 aliphatic heterocycles. The average molecular weight is 1400 g/mol. The van der Waals surface area contributed by atoms with Crippen LogP contribution in [0.4, 0.5) is 0 Å². The summed E-state index contributed by atoms with van der Waals surface area (Å²) in [7, 11) is -9.91. The molecular weight excluding hydrogens is 1250 g/mol. The van der Waals surface area contributed by atoms with Gasteiger partial charge in [0.05, 0.1) is 26.4 Å². The van der Waals surface area contributed by atoms with Crippen molar-refractivity contribution in [2.24, 2.45) is 17.8 Å². The van der Waals surface area contributed by atoms with E-state index in [1.807, 2.05) is 0 Å². The Labute approximate surface area is 581 Å². The standard InChI is InChI=1S/C76H148O17P2/c1-8-10-11-12-13-14-21-28-36-43-50-57-73(78)86-64-72(93-76(81)60-53-46-39-32-31-34-41-48-55-68(5)6)66-91-95(84,85)89-62-70(77)61-88-94(82,83)90-65-71(63-87-74(79)58-51-44-37-29-24-20-19-22-26-33-40-47-54-67(3)4)92-75(80)59-52-45-38-30-25-18-16-15-17-23-27-35-42-49-56-69(7)9-2/h67-72,77H,8-66H2,1-7H3,(H,82,83)(H,84,85)/t69?,70-,71-,72-/m1/s1. The van der Waals surface area contributed by atoms with Crippen LogP contribution in [0, 0.1) is 17.8 Å². The molecule has 0 aromatic heterocycles. The van der Waals surface area contributed by atoms with Gasteiger partial charge in [-0.15, -0.1) is 0 Å². The fraction of sp³-hybridized carbons (Fsp3) is 0.947. The molecule has 3 unspecified atom stereocenters. The van der Waals surface area contributed by atoms with Crippen molar-refractivity contribution in [1.82, 2.24) is 0 Å². The van der Waals surface area contributed by atoms with E-state index in [0.717, 1.165) is 108 Å². The number of unbranched alkanes of at least 4 members (excludes halogenated alkanes) is 41. The maximum Gasteiger partial charge on any atom is 0.472 e. The Bertz CT molecular complexity index is 1850. The van der Waals surface area contributed by atoms with E-state index in [1.165, 1.54) is 199 Å². The van der Waals surface area contributed by atoms with Crippen LogP contribution in [0.3, 0.4) is 0 Å². The van der Waals surface area contributed by atoms with Gasteiger partial charge in [0.2, 0.25) is 0 Å². The Morgan fingerprint density at radius 2 is 0.537 bits per heavy atom. The third-order valence-electron chi connectivity index (χ3n) is 18.0. The van der Waals surface area contributed by atoms with Crippen molar-refractivity contribution in [1.29, 1.82) is 0 Å². The van der Waals surface area contributed by atoms with Crippen LogP contribution in [-0.2, 0) is 65.4 Å². The molecule has 19 heteroatoms. The van der Waals surface area contributed by atoms with Crippen LogP contribution in [0.2, 0.25) is 0 Å². The number of hydrogen-bond donors (Lipinski definition) is 3. The topological polar surface area (TPSA) is 237 Å². The molecule has 0 radical (unpaired) electrons. The Kier molecular flexibility index (Phi) is 65.2. The zero-order chi connectivity index (χ0) is 70.1. The molecule has 0 aliphatic carbocycles. The summed E-state index contributed by atoms with van der Waals surface area (Å²) in [5, 5.41) is 10.6. The Balaban J connectivity index is 5.25. The maximum atomic E-state index is 13.1. The maximum absolute atomic E-state index is 13.1. The number of aliphatic hydroxyl groups is 1. The van der Waals surface area contributed by atoms with Gasteiger partial charge >= 0.3 is 39.5 Å². The second-order valence-corrected chi connectivity index (χ2v) is 31.5. The number of carbonyl (C=O) groups is 4. The van der Waals surface area contributed by atoms with Crippen LogP contribution in [0.25, 0.3) is 0 Å². The second-order valence-electron chi connectivity index (χ2n) is 28.6. The zero-order valence-corrected chi connectivity index (χ0v) is 63.9. The lowest BCUT2D eigenvalue weighted by Gasteiger charge is -2.21. The SMILES string of the molecule is CCCCCCCCCCCCCC(=O)OC[C@H](COP(=O)(O)OC[C@H](O)COP(=O)(O)OC[C@@H](COC(=O)CCCCCCCCCCCCCCC(C)C)OC(=O)CCCCCCCCCCCCCCCCC(C)CC)OC(=O)CCCCCCCCCCC(C)C. The van der Waals surface area contributed by atoms with Gasteiger partial charge in [-0.05, 0) is 43.4 Å². The van der Waals surface area contributed by atoms with Gasteiger partial charge in [0.25, 0.3) is 0 Å². The highest BCUT2D eigenvalue weighted by Gasteiger charge is 2.30. The molecule has 0 bridgehead atoms. The third-order valence-corrected chi connectivity index (χ3v) is 19.9. The van der Waals surface area contributed by atoms with Gasteiger partial charge in [0, 0.05) is 25.7 Å². The second kappa shape index (κ2) is 66.6. The lowest BCUT2D eigenvalue weighted by molar-refractivity contribution is -0.161. The van der Waals surface area contributed by atoms with Crippen molar-refractivity contribution in [3.05, 3.63) is 0 Å². The van der Waals surface area contributed by atoms with E-state index in [2.05, 4.69) is 48.5 Å². The minimum absolute atomic E-state index is 0.105. The number of rotatable bonds is 74. The minimum atomic E-state index is -4.96. The lowest BCUT2D eigenvalue weighted by atomic mass is 9.99. The molecule has 95 heavy (non-hydrogen) atoms. The third kappa shape index (κ3) is 69.0. The van der Waals surface area contributed by atoms with Gasteiger partial charge in [0.15, 0.2) is 12.2 Å². The van der Waals surface area contributed by atoms with Crippen LogP contribution in [0.1, 0.15) is 389 Å². The number of esters is 4. The number of ether oxygens (including phenoxy) is 4. The minimum Gasteiger partial charge on any atom is -0.462 e. The van der Waals surface area contributed by atoms with Crippen molar-refractivity contribution in [3.63, 3.8) is 0 Å². The average Bonchev–Trinajstić information content (AvgIpc) is 1.79. The summed E-state index contributed by atoms with van der Waals surface area (Å²) in [5.41, 5.74) is 0. The van der Waals surface area contributed by atoms with Crippen molar-refractivity contribution < 1.29 is 80.2 Å². The molecule has 0 amide bonds. The monoisotopic (exact) mass is 1400 g/mol. The van der Waals surface area contributed by atoms with E-state index in [9.17, 15) is 43.2 Å². The predicted molar refractivity (Wildman–Crippen MR) is 386 cm³/mol. The molecule has 0 fully saturated rings. The molecule has 0 saturated carbocycles. The van der Waals surface area contributed by atoms with Crippen LogP contribution in [0.5, 0.6) is 0 Å². The molecule has 0 rings (SSSR count). The van der Waals surface area contributed by atoms with Gasteiger partial charge in [-0.1, -0.05) is 337 Å². The molecule has 3 N–H and O–H groups in total. The molecule has 6 atom stereocenters. The number of hydrogen-bond acceptors (Lipinski definition) is 15. The number of aliphatic hydroxyl groups excluding tert-OH is 1. The molecule has 0 aromatic carbocycles. The van der Waals surface area contributed by atoms with Gasteiger partial charge < -0.3 is 33.8 Å². The van der Waals surface area contributed by atoms with Gasteiger partial charge in [0.1, 0.15) is 19.3 Å². The number of phosphoric ester groups is 2. The summed E-state index contributed by atoms with van der Waals surface area (Å²) in [6, 6.07) is 0. The normalized spacial score (nSPS) is 14.4. The van der Waals surface area contributed by atoms with E-state index >= 15 is 0 Å². The zero-order valence-electron chi connectivity index (χ0n) is 62.1. The quantitative estimate of drug-likeness (QED) is 0.0222. The lowest BCUT2D eigenvalue weighted by Crippen LogP contribution is -2.30. The summed E-state index contributed by atoms with van der Waals surface area (Å²) in [5.74, 6) is 0.228. The van der Waals surface area contributed by atoms with Gasteiger partial charge in [-0.25, -0.2) is 9.13 Å². The molecule has 0 aromatic rings. The first-order valence-electron chi connectivity index (χ1n) is 39.4. The Hall–Kier alpha value is -1.94. The van der Waals surface area contributed by atoms with Gasteiger partial charge in [-0.3, -0.25) is 37.3 Å². The van der Waals surface area contributed by atoms with Crippen LogP contribution >= 0.6 is 15.6 Å². The Morgan fingerprint density at radius 1 is 0.305 bits per heavy atom. The first-order valence-corrected chi connectivity index (χ1v) is 42.4. The van der Waals surface area contributed by atoms with E-state index < -0.39 is 97.5 Å². The number of carbonyl (C=O) groups excluding carboxylic acids is 4. The Morgan fingerprint density at radius 3 is 0.800 bits per heavy atom. The van der Waals surface area contributed by atoms with Crippen molar-refractivity contribution in [3.8, 4) is 0 Å². The van der Waals surface area contributed by atoms with Crippen molar-refractivity contribution in [2.75, 3.05) is 39.6 Å². The first-order chi connectivity index (χ1) is 45.8. The van der Waals surface area contributed by atoms with Crippen LogP contribution in [0.15, 0.2) is 0 Å². The van der Waals surface area contributed by atoms with E-state index in [-0.39, 0.29) is 25.7 Å². The molecule has 0 heterocycles. The van der Waals surface area contributed by atoms with Crippen molar-refractivity contribution >= 4 is 39.5 Å². The fourth-order valence-corrected chi connectivity index (χ4v) is 13.1. The van der Waals surface area contributed by atoms with Crippen LogP contribution < -0.4 is 0 Å². The van der Waals surface area contributed by atoms with E-state index in [0.29, 0.717) is 25.7 Å². The molecule has 0 aliphatic rings. The highest BCUT2D eigenvalue weighted by atomic mass is 31.2.